The number of nitrogens with one attached hydrogen (secondary N) is 2. The molecule has 0 spiro atoms. The molecule has 1 heterocycles. The summed E-state index contributed by atoms with van der Waals surface area (Å²) in [7, 11) is 0. The average molecular weight is 347 g/mol. The lowest BCUT2D eigenvalue weighted by Gasteiger charge is -2.04. The predicted molar refractivity (Wildman–Crippen MR) is 93.4 cm³/mol. The summed E-state index contributed by atoms with van der Waals surface area (Å²) in [6.07, 6.45) is 0. The lowest BCUT2D eigenvalue weighted by atomic mass is 10.2. The van der Waals surface area contributed by atoms with E-state index in [9.17, 15) is 9.59 Å². The first-order valence-corrected chi connectivity index (χ1v) is 8.52. The molecule has 6 nitrogen and oxygen atoms in total. The molecule has 0 unspecified atom stereocenters. The molecule has 1 aromatic carbocycles. The second kappa shape index (κ2) is 8.44. The number of nitrogens with zero attached hydrogens (tertiary/aromatic N) is 1. The molecule has 2 aromatic rings. The average Bonchev–Trinajstić information content (AvgIpc) is 2.93. The molecule has 0 aliphatic rings. The normalized spacial score (nSPS) is 10.3. The van der Waals surface area contributed by atoms with Crippen LogP contribution in [-0.4, -0.2) is 29.9 Å². The van der Waals surface area contributed by atoms with Gasteiger partial charge >= 0.3 is 0 Å². The van der Waals surface area contributed by atoms with Crippen molar-refractivity contribution in [2.24, 2.45) is 0 Å². The first-order valence-electron chi connectivity index (χ1n) is 7.70. The van der Waals surface area contributed by atoms with Crippen LogP contribution < -0.4 is 15.4 Å². The molecule has 2 amide bonds. The number of likely N-dealkylation sites (N-methyl/N-ethyl adjacent to an activating group) is 1. The third-order valence-electron chi connectivity index (χ3n) is 3.21. The first-order chi connectivity index (χ1) is 11.5. The van der Waals surface area contributed by atoms with Crippen LogP contribution in [0.25, 0.3) is 0 Å². The van der Waals surface area contributed by atoms with Gasteiger partial charge in [-0.2, -0.15) is 0 Å². The maximum Gasteiger partial charge on any atom is 0.263 e. The molecular weight excluding hydrogens is 326 g/mol. The lowest BCUT2D eigenvalue weighted by Crippen LogP contribution is -2.36. The number of thiazole rings is 1. The van der Waals surface area contributed by atoms with Gasteiger partial charge in [-0.1, -0.05) is 17.7 Å². The van der Waals surface area contributed by atoms with Gasteiger partial charge in [0.2, 0.25) is 5.91 Å². The Kier molecular flexibility index (Phi) is 6.31. The highest BCUT2D eigenvalue weighted by Gasteiger charge is 2.16. The second-order valence-corrected chi connectivity index (χ2v) is 6.34. The number of rotatable bonds is 7. The standard InChI is InChI=1S/C17H21N3O3S/c1-4-18-14(21)9-19-17(22)16-12(3)20-15(24-16)10-23-13-7-5-11(2)6-8-13/h5-8H,4,9-10H2,1-3H3,(H,18,21)(H,19,22). The van der Waals surface area contributed by atoms with Crippen molar-refractivity contribution in [3.05, 3.63) is 45.4 Å². The van der Waals surface area contributed by atoms with E-state index in [-0.39, 0.29) is 18.4 Å². The van der Waals surface area contributed by atoms with Crippen LogP contribution in [0, 0.1) is 13.8 Å². The molecule has 2 N–H and O–H groups in total. The van der Waals surface area contributed by atoms with Crippen LogP contribution in [0.2, 0.25) is 0 Å². The van der Waals surface area contributed by atoms with Crippen LogP contribution in [0.5, 0.6) is 5.75 Å². The maximum absolute atomic E-state index is 12.1. The zero-order chi connectivity index (χ0) is 17.5. The van der Waals surface area contributed by atoms with E-state index in [0.717, 1.165) is 10.8 Å². The minimum atomic E-state index is -0.294. The van der Waals surface area contributed by atoms with Crippen molar-refractivity contribution >= 4 is 23.2 Å². The Morgan fingerprint density at radius 2 is 1.88 bits per heavy atom. The number of aryl methyl sites for hydroxylation is 2. The van der Waals surface area contributed by atoms with Crippen molar-refractivity contribution in [3.8, 4) is 5.75 Å². The topological polar surface area (TPSA) is 80.3 Å². The monoisotopic (exact) mass is 347 g/mol. The molecule has 0 saturated heterocycles. The molecule has 0 saturated carbocycles. The van der Waals surface area contributed by atoms with Crippen LogP contribution in [-0.2, 0) is 11.4 Å². The first kappa shape index (κ1) is 17.9. The number of hydrogen-bond acceptors (Lipinski definition) is 5. The van der Waals surface area contributed by atoms with Gasteiger partial charge < -0.3 is 15.4 Å². The molecule has 0 fully saturated rings. The largest absolute Gasteiger partial charge is 0.486 e. The van der Waals surface area contributed by atoms with E-state index in [1.807, 2.05) is 38.1 Å². The number of carbonyl (C=O) groups excluding carboxylic acids is 2. The van der Waals surface area contributed by atoms with Crippen LogP contribution in [0.4, 0.5) is 0 Å². The zero-order valence-electron chi connectivity index (χ0n) is 14.0. The van der Waals surface area contributed by atoms with Crippen molar-refractivity contribution in [2.75, 3.05) is 13.1 Å². The molecule has 0 radical (unpaired) electrons. The van der Waals surface area contributed by atoms with Crippen LogP contribution in [0.3, 0.4) is 0 Å². The number of hydrogen-bond donors (Lipinski definition) is 2. The van der Waals surface area contributed by atoms with Crippen LogP contribution >= 0.6 is 11.3 Å². The summed E-state index contributed by atoms with van der Waals surface area (Å²) in [4.78, 5) is 28.4. The summed E-state index contributed by atoms with van der Waals surface area (Å²) in [6.45, 7) is 6.41. The van der Waals surface area contributed by atoms with Crippen LogP contribution in [0.15, 0.2) is 24.3 Å². The molecule has 7 heteroatoms. The van der Waals surface area contributed by atoms with Crippen molar-refractivity contribution in [3.63, 3.8) is 0 Å². The van der Waals surface area contributed by atoms with E-state index in [0.29, 0.717) is 23.7 Å². The van der Waals surface area contributed by atoms with Gasteiger partial charge in [0.15, 0.2) is 0 Å². The maximum atomic E-state index is 12.1. The zero-order valence-corrected chi connectivity index (χ0v) is 14.8. The van der Waals surface area contributed by atoms with Crippen molar-refractivity contribution in [1.29, 1.82) is 0 Å². The van der Waals surface area contributed by atoms with E-state index < -0.39 is 0 Å². The second-order valence-electron chi connectivity index (χ2n) is 5.26. The summed E-state index contributed by atoms with van der Waals surface area (Å²) < 4.78 is 5.68. The minimum Gasteiger partial charge on any atom is -0.486 e. The number of benzene rings is 1. The smallest absolute Gasteiger partial charge is 0.263 e. The molecule has 1 aromatic heterocycles. The minimum absolute atomic E-state index is 0.0424. The molecular formula is C17H21N3O3S. The fourth-order valence-electron chi connectivity index (χ4n) is 2.00. The molecule has 0 aliphatic carbocycles. The summed E-state index contributed by atoms with van der Waals surface area (Å²) in [6, 6.07) is 7.75. The molecule has 0 aliphatic heterocycles. The quantitative estimate of drug-likeness (QED) is 0.805. The van der Waals surface area contributed by atoms with E-state index >= 15 is 0 Å². The van der Waals surface area contributed by atoms with E-state index in [1.165, 1.54) is 16.9 Å². The fourth-order valence-corrected chi connectivity index (χ4v) is 2.90. The Labute approximate surface area is 145 Å². The Morgan fingerprint density at radius 1 is 1.17 bits per heavy atom. The highest BCUT2D eigenvalue weighted by Crippen LogP contribution is 2.20. The number of amides is 2. The van der Waals surface area contributed by atoms with Crippen LogP contribution in [0.1, 0.15) is 32.9 Å². The van der Waals surface area contributed by atoms with Crippen molar-refractivity contribution in [2.45, 2.75) is 27.4 Å². The summed E-state index contributed by atoms with van der Waals surface area (Å²) in [5.74, 6) is 0.254. The Balaban J connectivity index is 1.92. The Morgan fingerprint density at radius 3 is 2.54 bits per heavy atom. The highest BCUT2D eigenvalue weighted by atomic mass is 32.1. The fraction of sp³-hybridized carbons (Fsp3) is 0.353. The summed E-state index contributed by atoms with van der Waals surface area (Å²) in [5, 5.41) is 5.94. The van der Waals surface area contributed by atoms with E-state index in [2.05, 4.69) is 15.6 Å². The van der Waals surface area contributed by atoms with Gasteiger partial charge in [0.1, 0.15) is 22.2 Å². The third kappa shape index (κ3) is 5.06. The SMILES string of the molecule is CCNC(=O)CNC(=O)c1sc(COc2ccc(C)cc2)nc1C. The predicted octanol–water partition coefficient (Wildman–Crippen LogP) is 2.20. The number of aromatic nitrogens is 1. The van der Waals surface area contributed by atoms with Crippen molar-refractivity contribution in [1.82, 2.24) is 15.6 Å². The molecule has 128 valence electrons. The van der Waals surface area contributed by atoms with E-state index in [4.69, 9.17) is 4.74 Å². The van der Waals surface area contributed by atoms with Gasteiger partial charge in [-0.05, 0) is 32.9 Å². The van der Waals surface area contributed by atoms with Gasteiger partial charge in [0, 0.05) is 6.54 Å². The van der Waals surface area contributed by atoms with Gasteiger partial charge in [-0.15, -0.1) is 11.3 Å². The highest BCUT2D eigenvalue weighted by molar-refractivity contribution is 7.13. The van der Waals surface area contributed by atoms with E-state index in [1.54, 1.807) is 6.92 Å². The number of carbonyl (C=O) groups is 2. The third-order valence-corrected chi connectivity index (χ3v) is 4.34. The van der Waals surface area contributed by atoms with Gasteiger partial charge in [-0.3, -0.25) is 9.59 Å². The summed E-state index contributed by atoms with van der Waals surface area (Å²) >= 11 is 1.28. The Hall–Kier alpha value is -2.41. The van der Waals surface area contributed by atoms with Crippen molar-refractivity contribution < 1.29 is 14.3 Å². The lowest BCUT2D eigenvalue weighted by molar-refractivity contribution is -0.120. The molecule has 0 atom stereocenters. The summed E-state index contributed by atoms with van der Waals surface area (Å²) in [5.41, 5.74) is 1.80. The van der Waals surface area contributed by atoms with Gasteiger partial charge in [0.05, 0.1) is 12.2 Å². The molecule has 0 bridgehead atoms. The Bertz CT molecular complexity index is 710. The van der Waals surface area contributed by atoms with Gasteiger partial charge in [-0.25, -0.2) is 4.98 Å². The molecule has 2 rings (SSSR count). The van der Waals surface area contributed by atoms with Gasteiger partial charge in [0.25, 0.3) is 5.91 Å². The number of ether oxygens (including phenoxy) is 1. The molecule has 24 heavy (non-hydrogen) atoms.